The fourth-order valence-corrected chi connectivity index (χ4v) is 3.56. The van der Waals surface area contributed by atoms with Crippen molar-refractivity contribution in [1.29, 1.82) is 0 Å². The molecule has 0 saturated heterocycles. The lowest BCUT2D eigenvalue weighted by molar-refractivity contribution is -0.114. The maximum atomic E-state index is 12.5. The number of hydrogen-bond acceptors (Lipinski definition) is 6. The van der Waals surface area contributed by atoms with Crippen LogP contribution in [-0.4, -0.2) is 46.3 Å². The lowest BCUT2D eigenvalue weighted by atomic mass is 10.2. The highest BCUT2D eigenvalue weighted by atomic mass is 32.2. The van der Waals surface area contributed by atoms with Crippen molar-refractivity contribution < 1.29 is 27.5 Å². The third-order valence-corrected chi connectivity index (χ3v) is 5.38. The number of carbonyl (C=O) groups is 2. The van der Waals surface area contributed by atoms with Gasteiger partial charge in [0.15, 0.2) is 0 Å². The molecular weight excluding hydrogens is 420 g/mol. The third-order valence-electron chi connectivity index (χ3n) is 4.24. The number of ether oxygens (including phenoxy) is 2. The first-order chi connectivity index (χ1) is 14.7. The van der Waals surface area contributed by atoms with Gasteiger partial charge in [0.25, 0.3) is 0 Å². The summed E-state index contributed by atoms with van der Waals surface area (Å²) in [5.74, 6) is -0.440. The number of rotatable bonds is 11. The first kappa shape index (κ1) is 24.2. The topological polar surface area (TPSA) is 102 Å². The number of hydrogen-bond donors (Lipinski definition) is 1. The molecule has 1 amide bonds. The summed E-state index contributed by atoms with van der Waals surface area (Å²) in [6.07, 6.45) is 2.76. The Hall–Kier alpha value is -3.07. The van der Waals surface area contributed by atoms with E-state index in [0.29, 0.717) is 35.9 Å². The first-order valence-corrected chi connectivity index (χ1v) is 11.9. The van der Waals surface area contributed by atoms with Crippen LogP contribution in [0.2, 0.25) is 0 Å². The second kappa shape index (κ2) is 11.4. The van der Waals surface area contributed by atoms with Gasteiger partial charge in [-0.25, -0.2) is 13.2 Å². The molecule has 0 heterocycles. The SMILES string of the molecule is CCCCOC(=O)c1ccc(NC(=O)CN(c2cccc(OCC)c2)S(C)(=O)=O)cc1. The summed E-state index contributed by atoms with van der Waals surface area (Å²) >= 11 is 0. The molecular formula is C22H28N2O6S. The van der Waals surface area contributed by atoms with Crippen molar-refractivity contribution >= 4 is 33.3 Å². The largest absolute Gasteiger partial charge is 0.494 e. The van der Waals surface area contributed by atoms with Crippen LogP contribution in [0, 0.1) is 0 Å². The number of amides is 1. The minimum atomic E-state index is -3.71. The van der Waals surface area contributed by atoms with Crippen LogP contribution in [0.1, 0.15) is 37.0 Å². The Balaban J connectivity index is 2.06. The highest BCUT2D eigenvalue weighted by Gasteiger charge is 2.21. The molecule has 0 aliphatic heterocycles. The highest BCUT2D eigenvalue weighted by Crippen LogP contribution is 2.23. The van der Waals surface area contributed by atoms with Crippen LogP contribution in [0.15, 0.2) is 48.5 Å². The molecule has 2 aromatic carbocycles. The molecule has 0 spiro atoms. The predicted octanol–water partition coefficient (Wildman–Crippen LogP) is 3.45. The average molecular weight is 449 g/mol. The molecule has 1 N–H and O–H groups in total. The molecule has 0 bridgehead atoms. The molecule has 168 valence electrons. The summed E-state index contributed by atoms with van der Waals surface area (Å²) in [5.41, 5.74) is 1.14. The molecule has 8 nitrogen and oxygen atoms in total. The Bertz CT molecular complexity index is 989. The molecule has 0 saturated carbocycles. The van der Waals surface area contributed by atoms with Gasteiger partial charge < -0.3 is 14.8 Å². The van der Waals surface area contributed by atoms with Crippen LogP contribution in [0.25, 0.3) is 0 Å². The van der Waals surface area contributed by atoms with Crippen molar-refractivity contribution in [3.8, 4) is 5.75 Å². The van der Waals surface area contributed by atoms with E-state index in [4.69, 9.17) is 9.47 Å². The van der Waals surface area contributed by atoms with Gasteiger partial charge in [0, 0.05) is 11.8 Å². The molecule has 0 atom stereocenters. The van der Waals surface area contributed by atoms with Crippen molar-refractivity contribution in [2.45, 2.75) is 26.7 Å². The number of carbonyl (C=O) groups excluding carboxylic acids is 2. The van der Waals surface area contributed by atoms with Crippen molar-refractivity contribution in [2.75, 3.05) is 35.6 Å². The Morgan fingerprint density at radius 3 is 2.39 bits per heavy atom. The van der Waals surface area contributed by atoms with E-state index in [2.05, 4.69) is 5.32 Å². The lowest BCUT2D eigenvalue weighted by Gasteiger charge is -2.22. The van der Waals surface area contributed by atoms with Crippen molar-refractivity contribution in [1.82, 2.24) is 0 Å². The number of nitrogens with zero attached hydrogens (tertiary/aromatic N) is 1. The lowest BCUT2D eigenvalue weighted by Crippen LogP contribution is -2.37. The van der Waals surface area contributed by atoms with Gasteiger partial charge in [0.1, 0.15) is 12.3 Å². The smallest absolute Gasteiger partial charge is 0.338 e. The van der Waals surface area contributed by atoms with E-state index >= 15 is 0 Å². The number of sulfonamides is 1. The first-order valence-electron chi connectivity index (χ1n) is 10.0. The summed E-state index contributed by atoms with van der Waals surface area (Å²) in [6, 6.07) is 12.8. The Morgan fingerprint density at radius 2 is 1.77 bits per heavy atom. The second-order valence-corrected chi connectivity index (χ2v) is 8.72. The molecule has 0 unspecified atom stereocenters. The molecule has 0 radical (unpaired) electrons. The summed E-state index contributed by atoms with van der Waals surface area (Å²) in [6.45, 7) is 4.22. The minimum absolute atomic E-state index is 0.328. The molecule has 31 heavy (non-hydrogen) atoms. The Kier molecular flexibility index (Phi) is 8.87. The molecule has 2 rings (SSSR count). The van der Waals surface area contributed by atoms with Gasteiger partial charge in [0.2, 0.25) is 15.9 Å². The van der Waals surface area contributed by atoms with E-state index in [1.54, 1.807) is 48.5 Å². The second-order valence-electron chi connectivity index (χ2n) is 6.82. The van der Waals surface area contributed by atoms with Gasteiger partial charge in [-0.05, 0) is 49.7 Å². The van der Waals surface area contributed by atoms with Crippen molar-refractivity contribution in [3.05, 3.63) is 54.1 Å². The van der Waals surface area contributed by atoms with E-state index in [-0.39, 0.29) is 0 Å². The van der Waals surface area contributed by atoms with Gasteiger partial charge in [-0.1, -0.05) is 19.4 Å². The fourth-order valence-electron chi connectivity index (χ4n) is 2.71. The predicted molar refractivity (Wildman–Crippen MR) is 120 cm³/mol. The highest BCUT2D eigenvalue weighted by molar-refractivity contribution is 7.92. The molecule has 0 fully saturated rings. The van der Waals surface area contributed by atoms with E-state index < -0.39 is 28.4 Å². The average Bonchev–Trinajstić information content (AvgIpc) is 2.72. The standard InChI is InChI=1S/C22H28N2O6S/c1-4-6-14-30-22(26)17-10-12-18(13-11-17)23-21(25)16-24(31(3,27)28)19-8-7-9-20(15-19)29-5-2/h7-13,15H,4-6,14,16H2,1-3H3,(H,23,25). The van der Waals surface area contributed by atoms with Crippen LogP contribution in [0.5, 0.6) is 5.75 Å². The zero-order valence-electron chi connectivity index (χ0n) is 18.0. The molecule has 9 heteroatoms. The normalized spacial score (nSPS) is 10.9. The van der Waals surface area contributed by atoms with Crippen molar-refractivity contribution in [2.24, 2.45) is 0 Å². The van der Waals surface area contributed by atoms with Crippen LogP contribution in [-0.2, 0) is 19.6 Å². The fraction of sp³-hybridized carbons (Fsp3) is 0.364. The zero-order chi connectivity index (χ0) is 22.9. The van der Waals surface area contributed by atoms with Gasteiger partial charge in [-0.3, -0.25) is 9.10 Å². The van der Waals surface area contributed by atoms with E-state index in [9.17, 15) is 18.0 Å². The van der Waals surface area contributed by atoms with Crippen LogP contribution in [0.3, 0.4) is 0 Å². The summed E-state index contributed by atoms with van der Waals surface area (Å²) in [4.78, 5) is 24.5. The Morgan fingerprint density at radius 1 is 1.06 bits per heavy atom. The minimum Gasteiger partial charge on any atom is -0.494 e. The van der Waals surface area contributed by atoms with E-state index in [1.165, 1.54) is 0 Å². The summed E-state index contributed by atoms with van der Waals surface area (Å²) in [7, 11) is -3.71. The number of unbranched alkanes of at least 4 members (excludes halogenated alkanes) is 1. The van der Waals surface area contributed by atoms with Gasteiger partial charge >= 0.3 is 5.97 Å². The van der Waals surface area contributed by atoms with Gasteiger partial charge in [0.05, 0.1) is 30.7 Å². The van der Waals surface area contributed by atoms with E-state index in [1.807, 2.05) is 13.8 Å². The summed E-state index contributed by atoms with van der Waals surface area (Å²) < 4.78 is 36.1. The maximum Gasteiger partial charge on any atom is 0.338 e. The number of benzene rings is 2. The molecule has 0 aliphatic carbocycles. The number of nitrogens with one attached hydrogen (secondary N) is 1. The van der Waals surface area contributed by atoms with Crippen LogP contribution < -0.4 is 14.4 Å². The zero-order valence-corrected chi connectivity index (χ0v) is 18.8. The van der Waals surface area contributed by atoms with Crippen LogP contribution >= 0.6 is 0 Å². The maximum absolute atomic E-state index is 12.5. The number of anilines is 2. The molecule has 0 aliphatic rings. The summed E-state index contributed by atoms with van der Waals surface area (Å²) in [5, 5.41) is 2.64. The quantitative estimate of drug-likeness (QED) is 0.417. The van der Waals surface area contributed by atoms with Crippen LogP contribution in [0.4, 0.5) is 11.4 Å². The number of esters is 1. The molecule has 2 aromatic rings. The monoisotopic (exact) mass is 448 g/mol. The van der Waals surface area contributed by atoms with E-state index in [0.717, 1.165) is 23.4 Å². The van der Waals surface area contributed by atoms with Gasteiger partial charge in [-0.2, -0.15) is 0 Å². The molecule has 0 aromatic heterocycles. The Labute approximate surface area is 183 Å². The van der Waals surface area contributed by atoms with Crippen molar-refractivity contribution in [3.63, 3.8) is 0 Å². The van der Waals surface area contributed by atoms with Gasteiger partial charge in [-0.15, -0.1) is 0 Å². The third kappa shape index (κ3) is 7.60.